The van der Waals surface area contributed by atoms with Crippen molar-refractivity contribution in [2.24, 2.45) is 0 Å². The Morgan fingerprint density at radius 2 is 2.27 bits per heavy atom. The van der Waals surface area contributed by atoms with Gasteiger partial charge in [0.05, 0.1) is 11.3 Å². The summed E-state index contributed by atoms with van der Waals surface area (Å²) in [7, 11) is 1.59. The van der Waals surface area contributed by atoms with E-state index in [2.05, 4.69) is 0 Å². The Hall–Kier alpha value is -2.04. The average molecular weight is 207 g/mol. The van der Waals surface area contributed by atoms with Gasteiger partial charge in [-0.25, -0.2) is 4.79 Å². The summed E-state index contributed by atoms with van der Waals surface area (Å²) >= 11 is 0. The van der Waals surface area contributed by atoms with Crippen molar-refractivity contribution in [3.8, 4) is 5.75 Å². The third-order valence-corrected chi connectivity index (χ3v) is 2.29. The van der Waals surface area contributed by atoms with E-state index in [1.165, 1.54) is 17.0 Å². The van der Waals surface area contributed by atoms with E-state index in [1.54, 1.807) is 13.1 Å². The van der Waals surface area contributed by atoms with Crippen molar-refractivity contribution >= 4 is 17.6 Å². The predicted octanol–water partition coefficient (Wildman–Crippen LogP) is 0.740. The molecule has 1 N–H and O–H groups in total. The van der Waals surface area contributed by atoms with Crippen LogP contribution in [0.1, 0.15) is 10.4 Å². The second-order valence-electron chi connectivity index (χ2n) is 3.23. The highest BCUT2D eigenvalue weighted by atomic mass is 16.5. The van der Waals surface area contributed by atoms with Crippen LogP contribution in [0.5, 0.6) is 5.75 Å². The first kappa shape index (κ1) is 9.51. The van der Waals surface area contributed by atoms with Crippen LogP contribution in [-0.4, -0.2) is 30.6 Å². The summed E-state index contributed by atoms with van der Waals surface area (Å²) in [6, 6.07) is 4.43. The van der Waals surface area contributed by atoms with Gasteiger partial charge in [-0.05, 0) is 18.2 Å². The fourth-order valence-corrected chi connectivity index (χ4v) is 1.41. The number of carboxylic acid groups (broad SMARTS) is 1. The summed E-state index contributed by atoms with van der Waals surface area (Å²) in [5.41, 5.74) is 0.630. The van der Waals surface area contributed by atoms with E-state index in [1.807, 2.05) is 0 Å². The lowest BCUT2D eigenvalue weighted by molar-refractivity contribution is -0.120. The Morgan fingerprint density at radius 3 is 2.93 bits per heavy atom. The van der Waals surface area contributed by atoms with Crippen molar-refractivity contribution in [1.82, 2.24) is 0 Å². The number of carbonyl (C=O) groups excluding carboxylic acids is 1. The molecule has 0 aliphatic carbocycles. The highest BCUT2D eigenvalue weighted by Crippen LogP contribution is 2.31. The third kappa shape index (κ3) is 1.52. The number of anilines is 1. The molecule has 5 nitrogen and oxygen atoms in total. The van der Waals surface area contributed by atoms with Crippen LogP contribution < -0.4 is 9.64 Å². The van der Waals surface area contributed by atoms with Gasteiger partial charge in [-0.15, -0.1) is 0 Å². The molecule has 0 atom stereocenters. The van der Waals surface area contributed by atoms with Gasteiger partial charge >= 0.3 is 5.97 Å². The Labute approximate surface area is 85.9 Å². The van der Waals surface area contributed by atoms with Crippen molar-refractivity contribution < 1.29 is 19.4 Å². The zero-order valence-corrected chi connectivity index (χ0v) is 8.06. The topological polar surface area (TPSA) is 66.8 Å². The summed E-state index contributed by atoms with van der Waals surface area (Å²) in [6.07, 6.45) is 0. The van der Waals surface area contributed by atoms with Crippen molar-refractivity contribution in [3.63, 3.8) is 0 Å². The van der Waals surface area contributed by atoms with Gasteiger partial charge in [-0.1, -0.05) is 0 Å². The SMILES string of the molecule is CN1C(=O)COc2ccc(C(=O)O)cc21. The molecule has 0 unspecified atom stereocenters. The van der Waals surface area contributed by atoms with E-state index >= 15 is 0 Å². The lowest BCUT2D eigenvalue weighted by atomic mass is 10.1. The largest absolute Gasteiger partial charge is 0.482 e. The van der Waals surface area contributed by atoms with Crippen molar-refractivity contribution in [2.45, 2.75) is 0 Å². The normalized spacial score (nSPS) is 14.5. The molecular weight excluding hydrogens is 198 g/mol. The summed E-state index contributed by atoms with van der Waals surface area (Å²) in [5, 5.41) is 8.79. The number of aromatic carboxylic acids is 1. The molecule has 1 heterocycles. The molecule has 1 aromatic carbocycles. The van der Waals surface area contributed by atoms with Crippen molar-refractivity contribution in [2.75, 3.05) is 18.6 Å². The van der Waals surface area contributed by atoms with Gasteiger partial charge in [0.15, 0.2) is 6.61 Å². The summed E-state index contributed by atoms with van der Waals surface area (Å²) < 4.78 is 5.16. The average Bonchev–Trinajstić information content (AvgIpc) is 2.23. The van der Waals surface area contributed by atoms with Crippen LogP contribution in [0.3, 0.4) is 0 Å². The number of likely N-dealkylation sites (N-methyl/N-ethyl adjacent to an activating group) is 1. The monoisotopic (exact) mass is 207 g/mol. The minimum atomic E-state index is -1.02. The molecule has 0 saturated heterocycles. The molecule has 0 radical (unpaired) electrons. The van der Waals surface area contributed by atoms with Crippen molar-refractivity contribution in [3.05, 3.63) is 23.8 Å². The lowest BCUT2D eigenvalue weighted by Crippen LogP contribution is -2.35. The van der Waals surface area contributed by atoms with E-state index in [9.17, 15) is 9.59 Å². The van der Waals surface area contributed by atoms with Crippen LogP contribution in [0.2, 0.25) is 0 Å². The summed E-state index contributed by atoms with van der Waals surface area (Å²) in [6.45, 7) is -0.00405. The standard InChI is InChI=1S/C10H9NO4/c1-11-7-4-6(10(13)14)2-3-8(7)15-5-9(11)12/h2-4H,5H2,1H3,(H,13,14). The molecule has 1 amide bonds. The summed E-state index contributed by atoms with van der Waals surface area (Å²) in [4.78, 5) is 23.4. The number of nitrogens with zero attached hydrogens (tertiary/aromatic N) is 1. The number of hydrogen-bond acceptors (Lipinski definition) is 3. The van der Waals surface area contributed by atoms with Crippen LogP contribution in [0.25, 0.3) is 0 Å². The van der Waals surface area contributed by atoms with Crippen LogP contribution in [0.4, 0.5) is 5.69 Å². The number of carboxylic acids is 1. The molecule has 5 heteroatoms. The number of carbonyl (C=O) groups is 2. The van der Waals surface area contributed by atoms with E-state index in [0.29, 0.717) is 11.4 Å². The first-order valence-corrected chi connectivity index (χ1v) is 4.36. The molecule has 1 aliphatic rings. The number of hydrogen-bond donors (Lipinski definition) is 1. The molecular formula is C10H9NO4. The Kier molecular flexibility index (Phi) is 2.07. The molecule has 0 bridgehead atoms. The van der Waals surface area contributed by atoms with Gasteiger partial charge in [0.1, 0.15) is 5.75 Å². The molecule has 0 fully saturated rings. The number of fused-ring (bicyclic) bond motifs is 1. The van der Waals surface area contributed by atoms with Crippen molar-refractivity contribution in [1.29, 1.82) is 0 Å². The Bertz CT molecular complexity index is 441. The van der Waals surface area contributed by atoms with Gasteiger partial charge < -0.3 is 14.7 Å². The second kappa shape index (κ2) is 3.27. The van der Waals surface area contributed by atoms with E-state index in [0.717, 1.165) is 0 Å². The summed E-state index contributed by atoms with van der Waals surface area (Å²) in [5.74, 6) is -0.684. The number of rotatable bonds is 1. The van der Waals surface area contributed by atoms with Crippen LogP contribution in [-0.2, 0) is 4.79 Å². The smallest absolute Gasteiger partial charge is 0.335 e. The van der Waals surface area contributed by atoms with Crippen LogP contribution in [0.15, 0.2) is 18.2 Å². The minimum Gasteiger partial charge on any atom is -0.482 e. The Balaban J connectivity index is 2.50. The maximum Gasteiger partial charge on any atom is 0.335 e. The van der Waals surface area contributed by atoms with Gasteiger partial charge in [-0.2, -0.15) is 0 Å². The molecule has 1 aliphatic heterocycles. The number of amides is 1. The third-order valence-electron chi connectivity index (χ3n) is 2.29. The second-order valence-corrected chi connectivity index (χ2v) is 3.23. The van der Waals surface area contributed by atoms with Gasteiger partial charge in [-0.3, -0.25) is 4.79 Å². The zero-order chi connectivity index (χ0) is 11.0. The molecule has 2 rings (SSSR count). The van der Waals surface area contributed by atoms with E-state index in [4.69, 9.17) is 9.84 Å². The molecule has 78 valence electrons. The first-order chi connectivity index (χ1) is 7.09. The van der Waals surface area contributed by atoms with Crippen LogP contribution >= 0.6 is 0 Å². The van der Waals surface area contributed by atoms with Gasteiger partial charge in [0, 0.05) is 7.05 Å². The minimum absolute atomic E-state index is 0.00405. The molecule has 0 aromatic heterocycles. The highest BCUT2D eigenvalue weighted by molar-refractivity contribution is 5.99. The number of ether oxygens (including phenoxy) is 1. The van der Waals surface area contributed by atoms with E-state index in [-0.39, 0.29) is 18.1 Å². The van der Waals surface area contributed by atoms with Gasteiger partial charge in [0.2, 0.25) is 0 Å². The maximum atomic E-state index is 11.3. The highest BCUT2D eigenvalue weighted by Gasteiger charge is 2.23. The molecule has 0 spiro atoms. The Morgan fingerprint density at radius 1 is 1.53 bits per heavy atom. The lowest BCUT2D eigenvalue weighted by Gasteiger charge is -2.25. The fraction of sp³-hybridized carbons (Fsp3) is 0.200. The molecule has 15 heavy (non-hydrogen) atoms. The number of benzene rings is 1. The fourth-order valence-electron chi connectivity index (χ4n) is 1.41. The first-order valence-electron chi connectivity index (χ1n) is 4.36. The van der Waals surface area contributed by atoms with Crippen LogP contribution in [0, 0.1) is 0 Å². The quantitative estimate of drug-likeness (QED) is 0.737. The molecule has 1 aromatic rings. The predicted molar refractivity (Wildman–Crippen MR) is 52.3 cm³/mol. The maximum absolute atomic E-state index is 11.3. The zero-order valence-electron chi connectivity index (χ0n) is 8.06. The molecule has 0 saturated carbocycles. The van der Waals surface area contributed by atoms with Gasteiger partial charge in [0.25, 0.3) is 5.91 Å². The van der Waals surface area contributed by atoms with E-state index < -0.39 is 5.97 Å².